The molecule has 0 radical (unpaired) electrons. The minimum absolute atomic E-state index is 0.227. The van der Waals surface area contributed by atoms with Crippen LogP contribution in [0.5, 0.6) is 0 Å². The van der Waals surface area contributed by atoms with Gasteiger partial charge in [0.1, 0.15) is 0 Å². The lowest BCUT2D eigenvalue weighted by molar-refractivity contribution is -0.100. The molecule has 0 amide bonds. The summed E-state index contributed by atoms with van der Waals surface area (Å²) in [5.41, 5.74) is 2.95. The SMILES string of the molecule is CC(C)c1ccccc1C1CN(CC2COCCO2)CCN1I. The Kier molecular flexibility index (Phi) is 6.31. The van der Waals surface area contributed by atoms with Gasteiger partial charge >= 0.3 is 0 Å². The summed E-state index contributed by atoms with van der Waals surface area (Å²) in [6.07, 6.45) is 0.227. The molecule has 0 aromatic heterocycles. The topological polar surface area (TPSA) is 24.9 Å². The van der Waals surface area contributed by atoms with Crippen LogP contribution in [0, 0.1) is 0 Å². The van der Waals surface area contributed by atoms with Crippen LogP contribution >= 0.6 is 22.9 Å². The van der Waals surface area contributed by atoms with Crippen molar-refractivity contribution in [3.63, 3.8) is 0 Å². The van der Waals surface area contributed by atoms with Crippen molar-refractivity contribution < 1.29 is 9.47 Å². The van der Waals surface area contributed by atoms with Crippen molar-refractivity contribution in [3.8, 4) is 0 Å². The van der Waals surface area contributed by atoms with Crippen molar-refractivity contribution in [1.29, 1.82) is 0 Å². The Labute approximate surface area is 153 Å². The van der Waals surface area contributed by atoms with Gasteiger partial charge in [-0.15, -0.1) is 0 Å². The van der Waals surface area contributed by atoms with Crippen molar-refractivity contribution >= 4 is 22.9 Å². The Morgan fingerprint density at radius 2 is 2.04 bits per heavy atom. The summed E-state index contributed by atoms with van der Waals surface area (Å²) in [5.74, 6) is 0.557. The summed E-state index contributed by atoms with van der Waals surface area (Å²) >= 11 is 2.49. The quantitative estimate of drug-likeness (QED) is 0.541. The second-order valence-electron chi connectivity index (χ2n) is 6.75. The molecule has 0 bridgehead atoms. The van der Waals surface area contributed by atoms with Crippen molar-refractivity contribution in [1.82, 2.24) is 8.01 Å². The van der Waals surface area contributed by atoms with E-state index < -0.39 is 0 Å². The van der Waals surface area contributed by atoms with Gasteiger partial charge in [0.05, 0.1) is 32.0 Å². The van der Waals surface area contributed by atoms with E-state index in [-0.39, 0.29) is 6.10 Å². The molecule has 2 atom stereocenters. The Hall–Kier alpha value is -0.210. The summed E-state index contributed by atoms with van der Waals surface area (Å²) in [4.78, 5) is 2.54. The molecule has 2 fully saturated rings. The number of benzene rings is 1. The highest BCUT2D eigenvalue weighted by Crippen LogP contribution is 2.33. The fourth-order valence-corrected chi connectivity index (χ4v) is 4.19. The van der Waals surface area contributed by atoms with Gasteiger partial charge in [0.25, 0.3) is 0 Å². The predicted molar refractivity (Wildman–Crippen MR) is 101 cm³/mol. The number of piperazine rings is 1. The molecular formula is C18H27IN2O2. The molecule has 2 unspecified atom stereocenters. The van der Waals surface area contributed by atoms with Gasteiger partial charge in [-0.05, 0) is 17.0 Å². The van der Waals surface area contributed by atoms with Crippen LogP contribution in [0.2, 0.25) is 0 Å². The molecule has 0 N–H and O–H groups in total. The smallest absolute Gasteiger partial charge is 0.0936 e. The van der Waals surface area contributed by atoms with Gasteiger partial charge in [-0.1, -0.05) is 38.1 Å². The summed E-state index contributed by atoms with van der Waals surface area (Å²) in [6, 6.07) is 9.36. The fraction of sp³-hybridized carbons (Fsp3) is 0.667. The van der Waals surface area contributed by atoms with Crippen LogP contribution < -0.4 is 0 Å². The average Bonchev–Trinajstić information content (AvgIpc) is 2.57. The number of halogens is 1. The van der Waals surface area contributed by atoms with E-state index in [1.54, 1.807) is 0 Å². The van der Waals surface area contributed by atoms with Crippen LogP contribution in [0.4, 0.5) is 0 Å². The summed E-state index contributed by atoms with van der Waals surface area (Å²) in [6.45, 7) is 11.0. The third-order valence-corrected chi connectivity index (χ3v) is 5.88. The van der Waals surface area contributed by atoms with Gasteiger partial charge in [-0.25, -0.2) is 3.11 Å². The van der Waals surface area contributed by atoms with Crippen LogP contribution in [-0.4, -0.2) is 60.1 Å². The lowest BCUT2D eigenvalue weighted by Crippen LogP contribution is -2.49. The lowest BCUT2D eigenvalue weighted by atomic mass is 9.92. The second-order valence-corrected chi connectivity index (χ2v) is 7.99. The molecule has 5 heteroatoms. The maximum absolute atomic E-state index is 5.83. The van der Waals surface area contributed by atoms with Gasteiger partial charge in [-0.3, -0.25) is 4.90 Å². The highest BCUT2D eigenvalue weighted by molar-refractivity contribution is 14.1. The van der Waals surface area contributed by atoms with E-state index in [0.29, 0.717) is 12.0 Å². The number of ether oxygens (including phenoxy) is 2. The molecule has 128 valence electrons. The van der Waals surface area contributed by atoms with Crippen LogP contribution in [0.25, 0.3) is 0 Å². The maximum atomic E-state index is 5.83. The van der Waals surface area contributed by atoms with Crippen molar-refractivity contribution in [3.05, 3.63) is 35.4 Å². The van der Waals surface area contributed by atoms with E-state index >= 15 is 0 Å². The zero-order valence-corrected chi connectivity index (χ0v) is 16.2. The molecule has 2 aliphatic heterocycles. The zero-order chi connectivity index (χ0) is 16.2. The first kappa shape index (κ1) is 17.6. The van der Waals surface area contributed by atoms with Gasteiger partial charge in [0, 0.05) is 49.0 Å². The summed E-state index contributed by atoms with van der Waals surface area (Å²) < 4.78 is 13.8. The monoisotopic (exact) mass is 430 g/mol. The minimum atomic E-state index is 0.227. The lowest BCUT2D eigenvalue weighted by Gasteiger charge is -2.41. The molecule has 1 aromatic carbocycles. The average molecular weight is 430 g/mol. The van der Waals surface area contributed by atoms with Crippen molar-refractivity contribution in [2.45, 2.75) is 31.9 Å². The first-order valence-corrected chi connectivity index (χ1v) is 9.54. The molecule has 23 heavy (non-hydrogen) atoms. The van der Waals surface area contributed by atoms with E-state index in [0.717, 1.165) is 46.0 Å². The highest BCUT2D eigenvalue weighted by Gasteiger charge is 2.30. The summed E-state index contributed by atoms with van der Waals surface area (Å²) in [7, 11) is 0. The molecule has 4 nitrogen and oxygen atoms in total. The molecule has 0 aliphatic carbocycles. The van der Waals surface area contributed by atoms with Gasteiger partial charge in [0.15, 0.2) is 0 Å². The van der Waals surface area contributed by atoms with Gasteiger partial charge < -0.3 is 9.47 Å². The van der Waals surface area contributed by atoms with Gasteiger partial charge in [-0.2, -0.15) is 0 Å². The first-order chi connectivity index (χ1) is 11.1. The van der Waals surface area contributed by atoms with Gasteiger partial charge in [0.2, 0.25) is 0 Å². The molecule has 2 aliphatic rings. The normalized spacial score (nSPS) is 27.5. The molecule has 2 heterocycles. The first-order valence-electron chi connectivity index (χ1n) is 8.58. The Morgan fingerprint density at radius 1 is 1.22 bits per heavy atom. The van der Waals surface area contributed by atoms with Crippen LogP contribution in [0.15, 0.2) is 24.3 Å². The van der Waals surface area contributed by atoms with Crippen LogP contribution in [0.3, 0.4) is 0 Å². The third-order valence-electron chi connectivity index (χ3n) is 4.72. The summed E-state index contributed by atoms with van der Waals surface area (Å²) in [5, 5.41) is 0. The Bertz CT molecular complexity index is 506. The minimum Gasteiger partial charge on any atom is -0.376 e. The number of hydrogen-bond acceptors (Lipinski definition) is 4. The molecular weight excluding hydrogens is 403 g/mol. The molecule has 1 aromatic rings. The number of hydrogen-bond donors (Lipinski definition) is 0. The highest BCUT2D eigenvalue weighted by atomic mass is 127. The molecule has 0 saturated carbocycles. The fourth-order valence-electron chi connectivity index (χ4n) is 3.50. The van der Waals surface area contributed by atoms with E-state index in [1.165, 1.54) is 11.1 Å². The third kappa shape index (κ3) is 4.45. The van der Waals surface area contributed by atoms with Crippen molar-refractivity contribution in [2.75, 3.05) is 46.0 Å². The standard InChI is InChI=1S/C18H27IN2O2/c1-14(2)16-5-3-4-6-17(16)18-12-20(7-8-21(18)19)11-15-13-22-9-10-23-15/h3-6,14-15,18H,7-13H2,1-2H3. The Balaban J connectivity index is 1.71. The largest absolute Gasteiger partial charge is 0.376 e. The molecule has 0 spiro atoms. The van der Waals surface area contributed by atoms with Crippen molar-refractivity contribution in [2.24, 2.45) is 0 Å². The van der Waals surface area contributed by atoms with E-state index in [9.17, 15) is 0 Å². The second kappa shape index (κ2) is 8.25. The van der Waals surface area contributed by atoms with E-state index in [1.807, 2.05) is 0 Å². The van der Waals surface area contributed by atoms with Crippen LogP contribution in [0.1, 0.15) is 36.9 Å². The zero-order valence-electron chi connectivity index (χ0n) is 14.1. The maximum Gasteiger partial charge on any atom is 0.0936 e. The van der Waals surface area contributed by atoms with E-state index in [2.05, 4.69) is 69.0 Å². The number of rotatable bonds is 4. The molecule has 2 saturated heterocycles. The Morgan fingerprint density at radius 3 is 2.78 bits per heavy atom. The number of nitrogens with zero attached hydrogens (tertiary/aromatic N) is 2. The predicted octanol–water partition coefficient (Wildman–Crippen LogP) is 3.23. The molecule has 3 rings (SSSR count). The van der Waals surface area contributed by atoms with E-state index in [4.69, 9.17) is 9.47 Å². The van der Waals surface area contributed by atoms with Crippen LogP contribution in [-0.2, 0) is 9.47 Å².